The van der Waals surface area contributed by atoms with E-state index in [1.54, 1.807) is 27.7 Å². The van der Waals surface area contributed by atoms with Gasteiger partial charge in [0.2, 0.25) is 5.91 Å². The Kier molecular flexibility index (Phi) is 8.52. The molecule has 0 aromatic heterocycles. The van der Waals surface area contributed by atoms with E-state index in [0.717, 1.165) is 0 Å². The van der Waals surface area contributed by atoms with Gasteiger partial charge in [0.15, 0.2) is 5.78 Å². The average Bonchev–Trinajstić information content (AvgIpc) is 3.08. The Morgan fingerprint density at radius 3 is 2.44 bits per heavy atom. The molecule has 3 amide bonds. The fourth-order valence-corrected chi connectivity index (χ4v) is 2.80. The van der Waals surface area contributed by atoms with Crippen molar-refractivity contribution in [1.82, 2.24) is 15.5 Å². The number of rotatable bonds is 7. The van der Waals surface area contributed by atoms with E-state index in [4.69, 9.17) is 4.74 Å². The van der Waals surface area contributed by atoms with E-state index < -0.39 is 29.9 Å². The van der Waals surface area contributed by atoms with Gasteiger partial charge in [-0.05, 0) is 40.0 Å². The number of likely N-dealkylation sites (tertiary alicyclic amines) is 1. The van der Waals surface area contributed by atoms with E-state index in [0.29, 0.717) is 19.4 Å². The van der Waals surface area contributed by atoms with E-state index in [1.165, 1.54) is 12.0 Å². The fraction of sp³-hybridized carbons (Fsp3) is 0.778. The highest BCUT2D eigenvalue weighted by molar-refractivity contribution is 5.92. The molecule has 1 saturated heterocycles. The molecular formula is C18H31N3O6. The largest absolute Gasteiger partial charge is 0.453 e. The second-order valence-corrected chi connectivity index (χ2v) is 7.42. The monoisotopic (exact) mass is 385 g/mol. The highest BCUT2D eigenvalue weighted by Gasteiger charge is 2.37. The molecule has 1 aliphatic rings. The molecule has 0 bridgehead atoms. The van der Waals surface area contributed by atoms with Crippen molar-refractivity contribution in [3.63, 3.8) is 0 Å². The van der Waals surface area contributed by atoms with Crippen molar-refractivity contribution in [1.29, 1.82) is 0 Å². The molecule has 1 heterocycles. The number of alkyl carbamates (subject to hydrolysis) is 1. The highest BCUT2D eigenvalue weighted by Crippen LogP contribution is 2.21. The molecule has 1 unspecified atom stereocenters. The second-order valence-electron chi connectivity index (χ2n) is 7.42. The van der Waals surface area contributed by atoms with Gasteiger partial charge in [0.1, 0.15) is 11.6 Å². The molecule has 1 fully saturated rings. The van der Waals surface area contributed by atoms with Gasteiger partial charge >= 0.3 is 12.2 Å². The van der Waals surface area contributed by atoms with Crippen molar-refractivity contribution in [2.45, 2.75) is 71.1 Å². The van der Waals surface area contributed by atoms with Crippen molar-refractivity contribution in [3.8, 4) is 0 Å². The summed E-state index contributed by atoms with van der Waals surface area (Å²) in [5, 5.41) is 5.21. The van der Waals surface area contributed by atoms with Crippen LogP contribution in [-0.4, -0.2) is 66.7 Å². The zero-order chi connectivity index (χ0) is 20.6. The molecule has 0 aliphatic carbocycles. The van der Waals surface area contributed by atoms with Crippen LogP contribution in [0.1, 0.15) is 53.4 Å². The SMILES string of the molecule is CCC(=O)[C@H](CCNC(=O)OC)NC(=O)C1CCCN1C(=O)OC(C)(C)C. The van der Waals surface area contributed by atoms with Crippen LogP contribution in [0.4, 0.5) is 9.59 Å². The number of carbonyl (C=O) groups is 4. The van der Waals surface area contributed by atoms with Crippen molar-refractivity contribution in [2.24, 2.45) is 0 Å². The molecule has 1 rings (SSSR count). The van der Waals surface area contributed by atoms with Gasteiger partial charge in [-0.25, -0.2) is 9.59 Å². The van der Waals surface area contributed by atoms with Gasteiger partial charge in [0, 0.05) is 19.5 Å². The van der Waals surface area contributed by atoms with Crippen molar-refractivity contribution >= 4 is 23.9 Å². The molecule has 0 aromatic carbocycles. The Morgan fingerprint density at radius 2 is 1.89 bits per heavy atom. The van der Waals surface area contributed by atoms with Crippen LogP contribution in [0, 0.1) is 0 Å². The number of hydrogen-bond donors (Lipinski definition) is 2. The van der Waals surface area contributed by atoms with E-state index in [-0.39, 0.29) is 31.1 Å². The van der Waals surface area contributed by atoms with Crippen LogP contribution in [0.5, 0.6) is 0 Å². The smallest absolute Gasteiger partial charge is 0.410 e. The third-order valence-electron chi connectivity index (χ3n) is 4.12. The van der Waals surface area contributed by atoms with Crippen LogP contribution in [0.25, 0.3) is 0 Å². The minimum Gasteiger partial charge on any atom is -0.453 e. The lowest BCUT2D eigenvalue weighted by Crippen LogP contribution is -2.52. The molecule has 9 heteroatoms. The number of methoxy groups -OCH3 is 1. The first-order valence-corrected chi connectivity index (χ1v) is 9.23. The maximum atomic E-state index is 12.7. The zero-order valence-corrected chi connectivity index (χ0v) is 16.8. The van der Waals surface area contributed by atoms with Gasteiger partial charge in [0.25, 0.3) is 0 Å². The number of ether oxygens (including phenoxy) is 2. The van der Waals surface area contributed by atoms with E-state index in [9.17, 15) is 19.2 Å². The van der Waals surface area contributed by atoms with Crippen LogP contribution in [0.2, 0.25) is 0 Å². The lowest BCUT2D eigenvalue weighted by Gasteiger charge is -2.29. The Hall–Kier alpha value is -2.32. The number of nitrogens with one attached hydrogen (secondary N) is 2. The topological polar surface area (TPSA) is 114 Å². The van der Waals surface area contributed by atoms with Crippen LogP contribution in [-0.2, 0) is 19.1 Å². The predicted octanol–water partition coefficient (Wildman–Crippen LogP) is 1.60. The molecule has 0 aromatic rings. The summed E-state index contributed by atoms with van der Waals surface area (Å²) in [6, 6.07) is -1.40. The number of Topliss-reactive ketones (excluding diaryl/α,β-unsaturated/α-hetero) is 1. The Balaban J connectivity index is 2.71. The summed E-state index contributed by atoms with van der Waals surface area (Å²) in [7, 11) is 1.25. The Morgan fingerprint density at radius 1 is 1.22 bits per heavy atom. The lowest BCUT2D eigenvalue weighted by molar-refractivity contribution is -0.130. The molecule has 1 aliphatic heterocycles. The fourth-order valence-electron chi connectivity index (χ4n) is 2.80. The second kappa shape index (κ2) is 10.1. The van der Waals surface area contributed by atoms with Gasteiger partial charge in [0.05, 0.1) is 13.2 Å². The molecular weight excluding hydrogens is 354 g/mol. The maximum absolute atomic E-state index is 12.7. The average molecular weight is 385 g/mol. The summed E-state index contributed by atoms with van der Waals surface area (Å²) in [4.78, 5) is 49.7. The molecule has 154 valence electrons. The van der Waals surface area contributed by atoms with Crippen LogP contribution >= 0.6 is 0 Å². The first-order chi connectivity index (χ1) is 12.6. The zero-order valence-electron chi connectivity index (χ0n) is 16.8. The van der Waals surface area contributed by atoms with E-state index in [2.05, 4.69) is 15.4 Å². The lowest BCUT2D eigenvalue weighted by atomic mass is 10.1. The van der Waals surface area contributed by atoms with E-state index >= 15 is 0 Å². The highest BCUT2D eigenvalue weighted by atomic mass is 16.6. The maximum Gasteiger partial charge on any atom is 0.410 e. The quantitative estimate of drug-likeness (QED) is 0.688. The molecule has 9 nitrogen and oxygen atoms in total. The van der Waals surface area contributed by atoms with Crippen LogP contribution in [0.3, 0.4) is 0 Å². The summed E-state index contributed by atoms with van der Waals surface area (Å²) in [5.41, 5.74) is -0.652. The number of nitrogens with zero attached hydrogens (tertiary/aromatic N) is 1. The Bertz CT molecular complexity index is 558. The molecule has 27 heavy (non-hydrogen) atoms. The number of carbonyl (C=O) groups excluding carboxylic acids is 4. The normalized spacial score (nSPS) is 17.8. The van der Waals surface area contributed by atoms with Gasteiger partial charge in [-0.1, -0.05) is 6.92 Å². The summed E-state index contributed by atoms with van der Waals surface area (Å²) in [6.45, 7) is 7.62. The molecule has 2 atom stereocenters. The predicted molar refractivity (Wildman–Crippen MR) is 98.2 cm³/mol. The van der Waals surface area contributed by atoms with Gasteiger partial charge < -0.3 is 20.1 Å². The Labute approximate surface area is 160 Å². The molecule has 2 N–H and O–H groups in total. The van der Waals surface area contributed by atoms with Crippen LogP contribution < -0.4 is 10.6 Å². The summed E-state index contributed by atoms with van der Waals surface area (Å²) in [6.07, 6.45) is 0.560. The number of ketones is 1. The minimum absolute atomic E-state index is 0.142. The molecule has 0 spiro atoms. The first-order valence-electron chi connectivity index (χ1n) is 9.23. The summed E-state index contributed by atoms with van der Waals surface area (Å²) >= 11 is 0. The van der Waals surface area contributed by atoms with Crippen molar-refractivity contribution in [2.75, 3.05) is 20.2 Å². The van der Waals surface area contributed by atoms with Crippen LogP contribution in [0.15, 0.2) is 0 Å². The minimum atomic E-state index is -0.735. The van der Waals surface area contributed by atoms with Gasteiger partial charge in [-0.2, -0.15) is 0 Å². The van der Waals surface area contributed by atoms with E-state index in [1.807, 2.05) is 0 Å². The van der Waals surface area contributed by atoms with Gasteiger partial charge in [-0.15, -0.1) is 0 Å². The first kappa shape index (κ1) is 22.7. The molecule has 0 saturated carbocycles. The van der Waals surface area contributed by atoms with Crippen molar-refractivity contribution < 1.29 is 28.7 Å². The number of amides is 3. The number of hydrogen-bond acceptors (Lipinski definition) is 6. The summed E-state index contributed by atoms with van der Waals surface area (Å²) < 4.78 is 9.84. The molecule has 0 radical (unpaired) electrons. The third-order valence-corrected chi connectivity index (χ3v) is 4.12. The summed E-state index contributed by atoms with van der Waals surface area (Å²) in [5.74, 6) is -0.528. The third kappa shape index (κ3) is 7.44. The van der Waals surface area contributed by atoms with Crippen molar-refractivity contribution in [3.05, 3.63) is 0 Å². The van der Waals surface area contributed by atoms with Gasteiger partial charge in [-0.3, -0.25) is 14.5 Å². The standard InChI is InChI=1S/C18H31N3O6/c1-6-14(22)12(9-10-19-16(24)26-5)20-15(23)13-8-7-11-21(13)17(25)27-18(2,3)4/h12-13H,6-11H2,1-5H3,(H,19,24)(H,20,23)/t12-,13?/m0/s1.